The Balaban J connectivity index is 1.32. The number of pyridine rings is 1. The Morgan fingerprint density at radius 2 is 1.91 bits per heavy atom. The zero-order chi connectivity index (χ0) is 23.8. The van der Waals surface area contributed by atoms with Gasteiger partial charge in [-0.1, -0.05) is 0 Å². The molecule has 0 unspecified atom stereocenters. The number of hydrogen-bond acceptors (Lipinski definition) is 6. The van der Waals surface area contributed by atoms with Crippen LogP contribution in [0.5, 0.6) is 17.2 Å². The Morgan fingerprint density at radius 1 is 1.18 bits per heavy atom. The molecule has 2 fully saturated rings. The van der Waals surface area contributed by atoms with Gasteiger partial charge < -0.3 is 25.6 Å². The summed E-state index contributed by atoms with van der Waals surface area (Å²) in [6.07, 6.45) is -2.10. The highest BCUT2D eigenvalue weighted by Gasteiger charge is 2.52. The highest BCUT2D eigenvalue weighted by atomic mass is 19.4. The number of carbonyl (C=O) groups excluding carboxylic acids is 2. The third-order valence-electron chi connectivity index (χ3n) is 5.76. The summed E-state index contributed by atoms with van der Waals surface area (Å²) in [5, 5.41) is 24.1. The van der Waals surface area contributed by atoms with Gasteiger partial charge in [0.25, 0.3) is 0 Å². The van der Waals surface area contributed by atoms with E-state index < -0.39 is 34.9 Å². The first kappa shape index (κ1) is 22.8. The van der Waals surface area contributed by atoms with Gasteiger partial charge in [0.05, 0.1) is 24.5 Å². The monoisotopic (exact) mass is 465 g/mol. The van der Waals surface area contributed by atoms with Crippen LogP contribution in [0, 0.1) is 5.92 Å². The molecule has 4 rings (SSSR count). The number of benzene rings is 1. The SMILES string of the molecule is O=C(NC1(C(=O)NCc2ccc(Oc3ccc(O)cc3C(F)(F)F)cn2)CC1)C1CC(O)C1. The van der Waals surface area contributed by atoms with Crippen LogP contribution in [0.2, 0.25) is 0 Å². The summed E-state index contributed by atoms with van der Waals surface area (Å²) in [4.78, 5) is 28.8. The van der Waals surface area contributed by atoms with Gasteiger partial charge in [-0.2, -0.15) is 13.2 Å². The molecule has 2 aliphatic carbocycles. The van der Waals surface area contributed by atoms with Crippen LogP contribution in [0.15, 0.2) is 36.5 Å². The van der Waals surface area contributed by atoms with Crippen molar-refractivity contribution in [1.82, 2.24) is 15.6 Å². The molecule has 2 aliphatic rings. The minimum atomic E-state index is -4.71. The van der Waals surface area contributed by atoms with Crippen LogP contribution in [0.25, 0.3) is 0 Å². The molecule has 1 aromatic carbocycles. The highest BCUT2D eigenvalue weighted by molar-refractivity contribution is 5.94. The number of phenolic OH excluding ortho intramolecular Hbond substituents is 1. The molecule has 1 heterocycles. The zero-order valence-corrected chi connectivity index (χ0v) is 17.4. The second-order valence-corrected chi connectivity index (χ2v) is 8.34. The maximum Gasteiger partial charge on any atom is 0.420 e. The van der Waals surface area contributed by atoms with Crippen LogP contribution >= 0.6 is 0 Å². The van der Waals surface area contributed by atoms with Crippen LogP contribution < -0.4 is 15.4 Å². The molecular formula is C22H22F3N3O5. The standard InChI is InChI=1S/C22H22F3N3O5/c23-22(24,25)17-9-14(29)2-4-18(17)33-16-3-1-13(26-11-16)10-27-20(32)21(5-6-21)28-19(31)12-7-15(30)8-12/h1-4,9,11-12,15,29-30H,5-8,10H2,(H,27,32)(H,28,31). The van der Waals surface area contributed by atoms with Crippen LogP contribution in [0.4, 0.5) is 13.2 Å². The van der Waals surface area contributed by atoms with Crippen molar-refractivity contribution in [2.75, 3.05) is 0 Å². The van der Waals surface area contributed by atoms with Crippen molar-refractivity contribution in [1.29, 1.82) is 0 Å². The lowest BCUT2D eigenvalue weighted by Gasteiger charge is -2.31. The molecule has 0 spiro atoms. The number of aromatic hydroxyl groups is 1. The van der Waals surface area contributed by atoms with Crippen molar-refractivity contribution >= 4 is 11.8 Å². The second-order valence-electron chi connectivity index (χ2n) is 8.34. The Bertz CT molecular complexity index is 1050. The summed E-state index contributed by atoms with van der Waals surface area (Å²) in [5.74, 6) is -1.81. The van der Waals surface area contributed by atoms with E-state index in [-0.39, 0.29) is 30.0 Å². The molecule has 0 saturated heterocycles. The van der Waals surface area contributed by atoms with E-state index in [2.05, 4.69) is 15.6 Å². The largest absolute Gasteiger partial charge is 0.508 e. The molecule has 11 heteroatoms. The molecule has 33 heavy (non-hydrogen) atoms. The number of nitrogens with one attached hydrogen (secondary N) is 2. The molecule has 176 valence electrons. The van der Waals surface area contributed by atoms with Crippen molar-refractivity contribution < 1.29 is 37.7 Å². The molecule has 4 N–H and O–H groups in total. The minimum Gasteiger partial charge on any atom is -0.508 e. The van der Waals surface area contributed by atoms with E-state index in [0.717, 1.165) is 12.1 Å². The van der Waals surface area contributed by atoms with Crippen molar-refractivity contribution in [2.45, 2.75) is 50.0 Å². The summed E-state index contributed by atoms with van der Waals surface area (Å²) in [5.41, 5.74) is -1.61. The number of carbonyl (C=O) groups is 2. The number of nitrogens with zero attached hydrogens (tertiary/aromatic N) is 1. The molecule has 2 amide bonds. The number of aliphatic hydroxyl groups is 1. The number of hydrogen-bond donors (Lipinski definition) is 4. The van der Waals surface area contributed by atoms with E-state index in [1.807, 2.05) is 0 Å². The van der Waals surface area contributed by atoms with Crippen molar-refractivity contribution in [2.24, 2.45) is 5.92 Å². The average molecular weight is 465 g/mol. The molecule has 2 aromatic rings. The summed E-state index contributed by atoms with van der Waals surface area (Å²) in [6, 6.07) is 5.59. The molecule has 0 bridgehead atoms. The topological polar surface area (TPSA) is 121 Å². The first-order chi connectivity index (χ1) is 15.6. The van der Waals surface area contributed by atoms with Crippen LogP contribution in [0.1, 0.15) is 36.9 Å². The third kappa shape index (κ3) is 5.19. The van der Waals surface area contributed by atoms with Crippen molar-refractivity contribution in [3.05, 3.63) is 47.8 Å². The van der Waals surface area contributed by atoms with E-state index in [0.29, 0.717) is 37.4 Å². The molecule has 0 aliphatic heterocycles. The Hall–Kier alpha value is -3.34. The van der Waals surface area contributed by atoms with E-state index in [1.165, 1.54) is 18.3 Å². The van der Waals surface area contributed by atoms with Gasteiger partial charge in [-0.15, -0.1) is 0 Å². The fourth-order valence-electron chi connectivity index (χ4n) is 3.54. The molecule has 0 atom stereocenters. The van der Waals surface area contributed by atoms with E-state index in [1.54, 1.807) is 0 Å². The molecule has 1 aromatic heterocycles. The second kappa shape index (κ2) is 8.54. The normalized spacial score (nSPS) is 21.0. The number of ether oxygens (including phenoxy) is 1. The number of alkyl halides is 3. The number of halogens is 3. The summed E-state index contributed by atoms with van der Waals surface area (Å²) >= 11 is 0. The minimum absolute atomic E-state index is 0.0508. The lowest BCUT2D eigenvalue weighted by Crippen LogP contribution is -2.52. The van der Waals surface area contributed by atoms with Crippen LogP contribution in [0.3, 0.4) is 0 Å². The Labute approximate surface area is 186 Å². The number of aliphatic hydroxyl groups excluding tert-OH is 1. The first-order valence-corrected chi connectivity index (χ1v) is 10.4. The van der Waals surface area contributed by atoms with Gasteiger partial charge in [0, 0.05) is 5.92 Å². The Morgan fingerprint density at radius 3 is 2.48 bits per heavy atom. The van der Waals surface area contributed by atoms with Gasteiger partial charge in [0.1, 0.15) is 28.4 Å². The molecule has 8 nitrogen and oxygen atoms in total. The van der Waals surface area contributed by atoms with Crippen molar-refractivity contribution in [3.8, 4) is 17.2 Å². The lowest BCUT2D eigenvalue weighted by molar-refractivity contribution is -0.138. The summed E-state index contributed by atoms with van der Waals surface area (Å²) in [6.45, 7) is 0.0614. The fourth-order valence-corrected chi connectivity index (χ4v) is 3.54. The van der Waals surface area contributed by atoms with Crippen LogP contribution in [-0.2, 0) is 22.3 Å². The number of rotatable bonds is 7. The quantitative estimate of drug-likeness (QED) is 0.499. The van der Waals surface area contributed by atoms with Crippen LogP contribution in [-0.4, -0.2) is 38.7 Å². The molecule has 2 saturated carbocycles. The van der Waals surface area contributed by atoms with Gasteiger partial charge in [0.2, 0.25) is 11.8 Å². The van der Waals surface area contributed by atoms with E-state index in [4.69, 9.17) is 4.74 Å². The first-order valence-electron chi connectivity index (χ1n) is 10.4. The highest BCUT2D eigenvalue weighted by Crippen LogP contribution is 2.40. The van der Waals surface area contributed by atoms with Gasteiger partial charge in [-0.3, -0.25) is 14.6 Å². The number of phenols is 1. The Kier molecular flexibility index (Phi) is 5.91. The predicted octanol–water partition coefficient (Wildman–Crippen LogP) is 2.63. The van der Waals surface area contributed by atoms with E-state index in [9.17, 15) is 33.0 Å². The summed E-state index contributed by atoms with van der Waals surface area (Å²) in [7, 11) is 0. The van der Waals surface area contributed by atoms with Crippen molar-refractivity contribution in [3.63, 3.8) is 0 Å². The maximum atomic E-state index is 13.2. The maximum absolute atomic E-state index is 13.2. The molecule has 0 radical (unpaired) electrons. The number of amides is 2. The summed E-state index contributed by atoms with van der Waals surface area (Å²) < 4.78 is 44.7. The van der Waals surface area contributed by atoms with E-state index >= 15 is 0 Å². The van der Waals surface area contributed by atoms with Gasteiger partial charge in [0.15, 0.2) is 0 Å². The smallest absolute Gasteiger partial charge is 0.420 e. The zero-order valence-electron chi connectivity index (χ0n) is 17.4. The number of aromatic nitrogens is 1. The average Bonchev–Trinajstić information content (AvgIpc) is 3.51. The lowest BCUT2D eigenvalue weighted by atomic mass is 9.81. The fraction of sp³-hybridized carbons (Fsp3) is 0.409. The van der Waals surface area contributed by atoms with Gasteiger partial charge >= 0.3 is 6.18 Å². The van der Waals surface area contributed by atoms with Gasteiger partial charge in [-0.05, 0) is 56.0 Å². The molecular weight excluding hydrogens is 443 g/mol. The predicted molar refractivity (Wildman–Crippen MR) is 108 cm³/mol. The van der Waals surface area contributed by atoms with Gasteiger partial charge in [-0.25, -0.2) is 0 Å². The third-order valence-corrected chi connectivity index (χ3v) is 5.76.